The Hall–Kier alpha value is -1.80. The van der Waals surface area contributed by atoms with Crippen LogP contribution in [0.5, 0.6) is 11.5 Å². The van der Waals surface area contributed by atoms with Crippen LogP contribution < -0.4 is 14.2 Å². The molecule has 122 valence electrons. The molecule has 1 fully saturated rings. The van der Waals surface area contributed by atoms with Crippen molar-refractivity contribution in [3.63, 3.8) is 0 Å². The Kier molecular flexibility index (Phi) is 5.25. The van der Waals surface area contributed by atoms with Crippen LogP contribution in [-0.2, 0) is 10.2 Å². The molecule has 1 aliphatic heterocycles. The molecule has 0 saturated carbocycles. The summed E-state index contributed by atoms with van der Waals surface area (Å²) in [5.74, 6) is 0.0584. The van der Waals surface area contributed by atoms with E-state index in [0.29, 0.717) is 18.8 Å². The fraction of sp³-hybridized carbons (Fsp3) is 0.500. The van der Waals surface area contributed by atoms with E-state index < -0.39 is 16.1 Å². The first kappa shape index (κ1) is 16.6. The second-order valence-corrected chi connectivity index (χ2v) is 6.63. The lowest BCUT2D eigenvalue weighted by molar-refractivity contribution is 0.0975. The lowest BCUT2D eigenvalue weighted by atomic mass is 10.2. The summed E-state index contributed by atoms with van der Waals surface area (Å²) in [6, 6.07) is 4.58. The molecule has 7 nitrogen and oxygen atoms in total. The number of hydrogen-bond acceptors (Lipinski definition) is 5. The molecule has 1 heterocycles. The van der Waals surface area contributed by atoms with E-state index in [0.717, 1.165) is 19.3 Å². The minimum atomic E-state index is -3.82. The van der Waals surface area contributed by atoms with Crippen molar-refractivity contribution in [1.82, 2.24) is 9.03 Å². The van der Waals surface area contributed by atoms with Gasteiger partial charge in [-0.1, -0.05) is 6.42 Å². The first-order valence-electron chi connectivity index (χ1n) is 7.02. The first-order valence-corrected chi connectivity index (χ1v) is 8.46. The highest BCUT2D eigenvalue weighted by molar-refractivity contribution is 7.87. The molecular weight excluding hydrogens is 308 g/mol. The Balaban J connectivity index is 2.18. The monoisotopic (exact) mass is 328 g/mol. The highest BCUT2D eigenvalue weighted by Crippen LogP contribution is 2.24. The van der Waals surface area contributed by atoms with Crippen LogP contribution in [0.4, 0.5) is 0 Å². The summed E-state index contributed by atoms with van der Waals surface area (Å²) in [5.41, 5.74) is 0.142. The Labute approximate surface area is 130 Å². The number of carbonyl (C=O) groups is 1. The van der Waals surface area contributed by atoms with Crippen LogP contribution >= 0.6 is 0 Å². The number of nitrogens with zero attached hydrogens (tertiary/aromatic N) is 1. The van der Waals surface area contributed by atoms with E-state index in [4.69, 9.17) is 9.47 Å². The Bertz CT molecular complexity index is 639. The molecule has 0 bridgehead atoms. The van der Waals surface area contributed by atoms with Crippen molar-refractivity contribution in [3.8, 4) is 11.5 Å². The average molecular weight is 328 g/mol. The predicted octanol–water partition coefficient (Wildman–Crippen LogP) is 1.16. The average Bonchev–Trinajstić information content (AvgIpc) is 2.54. The molecule has 0 unspecified atom stereocenters. The van der Waals surface area contributed by atoms with Crippen LogP contribution in [0.2, 0.25) is 0 Å². The number of benzene rings is 1. The van der Waals surface area contributed by atoms with Gasteiger partial charge in [0.15, 0.2) is 0 Å². The summed E-state index contributed by atoms with van der Waals surface area (Å²) in [6.45, 7) is 0.866. The fourth-order valence-corrected chi connectivity index (χ4v) is 3.54. The van der Waals surface area contributed by atoms with E-state index >= 15 is 0 Å². The molecule has 2 rings (SSSR count). The lowest BCUT2D eigenvalue weighted by Gasteiger charge is -2.25. The Morgan fingerprint density at radius 2 is 1.82 bits per heavy atom. The highest BCUT2D eigenvalue weighted by Gasteiger charge is 2.27. The summed E-state index contributed by atoms with van der Waals surface area (Å²) < 4.78 is 38.0. The lowest BCUT2D eigenvalue weighted by Crippen LogP contribution is -2.45. The summed E-state index contributed by atoms with van der Waals surface area (Å²) >= 11 is 0. The van der Waals surface area contributed by atoms with Gasteiger partial charge in [0.1, 0.15) is 11.5 Å². The molecule has 22 heavy (non-hydrogen) atoms. The van der Waals surface area contributed by atoms with Gasteiger partial charge in [-0.3, -0.25) is 4.79 Å². The standard InChI is InChI=1S/C14H20N2O5S/c1-20-11-6-7-12(13(10-11)21-2)14(17)15-22(18,19)16-8-4-3-5-9-16/h6-7,10H,3-5,8-9H2,1-2H3,(H,15,17). The fourth-order valence-electron chi connectivity index (χ4n) is 2.33. The second kappa shape index (κ2) is 6.97. The topological polar surface area (TPSA) is 84.9 Å². The first-order chi connectivity index (χ1) is 10.5. The van der Waals surface area contributed by atoms with Crippen molar-refractivity contribution in [2.75, 3.05) is 27.3 Å². The smallest absolute Gasteiger partial charge is 0.304 e. The maximum absolute atomic E-state index is 12.2. The zero-order chi connectivity index (χ0) is 16.2. The normalized spacial score (nSPS) is 16.1. The van der Waals surface area contributed by atoms with Crippen LogP contribution in [0.25, 0.3) is 0 Å². The van der Waals surface area contributed by atoms with Crippen molar-refractivity contribution in [2.24, 2.45) is 0 Å². The van der Waals surface area contributed by atoms with Crippen molar-refractivity contribution in [3.05, 3.63) is 23.8 Å². The third kappa shape index (κ3) is 3.69. The molecule has 1 N–H and O–H groups in total. The van der Waals surface area contributed by atoms with E-state index in [2.05, 4.69) is 4.72 Å². The van der Waals surface area contributed by atoms with Gasteiger partial charge in [0.2, 0.25) is 0 Å². The van der Waals surface area contributed by atoms with E-state index in [9.17, 15) is 13.2 Å². The van der Waals surface area contributed by atoms with Gasteiger partial charge in [0.25, 0.3) is 5.91 Å². The van der Waals surface area contributed by atoms with Gasteiger partial charge in [0.05, 0.1) is 19.8 Å². The van der Waals surface area contributed by atoms with Gasteiger partial charge in [-0.15, -0.1) is 0 Å². The SMILES string of the molecule is COc1ccc(C(=O)NS(=O)(=O)N2CCCCC2)c(OC)c1. The minimum absolute atomic E-state index is 0.142. The number of ether oxygens (including phenoxy) is 2. The summed E-state index contributed by atoms with van der Waals surface area (Å²) in [6.07, 6.45) is 2.62. The van der Waals surface area contributed by atoms with Gasteiger partial charge in [-0.05, 0) is 25.0 Å². The molecule has 0 aliphatic carbocycles. The van der Waals surface area contributed by atoms with E-state index in [1.165, 1.54) is 30.7 Å². The number of carbonyl (C=O) groups excluding carboxylic acids is 1. The number of piperidine rings is 1. The van der Waals surface area contributed by atoms with Crippen LogP contribution in [-0.4, -0.2) is 45.9 Å². The molecule has 1 aromatic carbocycles. The van der Waals surface area contributed by atoms with Gasteiger partial charge < -0.3 is 9.47 Å². The maximum atomic E-state index is 12.2. The molecule has 0 spiro atoms. The number of amides is 1. The minimum Gasteiger partial charge on any atom is -0.497 e. The number of rotatable bonds is 5. The number of methoxy groups -OCH3 is 2. The molecule has 0 atom stereocenters. The van der Waals surface area contributed by atoms with Crippen molar-refractivity contribution >= 4 is 16.1 Å². The van der Waals surface area contributed by atoms with E-state index in [1.54, 1.807) is 6.07 Å². The summed E-state index contributed by atoms with van der Waals surface area (Å²) in [5, 5.41) is 0. The van der Waals surface area contributed by atoms with Gasteiger partial charge in [-0.2, -0.15) is 12.7 Å². The third-order valence-electron chi connectivity index (χ3n) is 3.53. The highest BCUT2D eigenvalue weighted by atomic mass is 32.2. The van der Waals surface area contributed by atoms with Crippen LogP contribution in [0.1, 0.15) is 29.6 Å². The third-order valence-corrected chi connectivity index (χ3v) is 5.02. The Morgan fingerprint density at radius 3 is 2.41 bits per heavy atom. The molecule has 1 aliphatic rings. The molecule has 1 saturated heterocycles. The summed E-state index contributed by atoms with van der Waals surface area (Å²) in [4.78, 5) is 12.2. The van der Waals surface area contributed by atoms with Crippen LogP contribution in [0.15, 0.2) is 18.2 Å². The second-order valence-electron chi connectivity index (χ2n) is 4.96. The van der Waals surface area contributed by atoms with Crippen molar-refractivity contribution in [1.29, 1.82) is 0 Å². The van der Waals surface area contributed by atoms with Gasteiger partial charge in [-0.25, -0.2) is 4.72 Å². The molecule has 0 aromatic heterocycles. The van der Waals surface area contributed by atoms with Gasteiger partial charge >= 0.3 is 10.2 Å². The molecule has 1 aromatic rings. The number of hydrogen-bond donors (Lipinski definition) is 1. The molecule has 8 heteroatoms. The van der Waals surface area contributed by atoms with E-state index in [-0.39, 0.29) is 11.3 Å². The maximum Gasteiger partial charge on any atom is 0.304 e. The summed E-state index contributed by atoms with van der Waals surface area (Å²) in [7, 11) is -0.922. The zero-order valence-electron chi connectivity index (χ0n) is 12.7. The zero-order valence-corrected chi connectivity index (χ0v) is 13.5. The van der Waals surface area contributed by atoms with Crippen molar-refractivity contribution in [2.45, 2.75) is 19.3 Å². The molecule has 0 radical (unpaired) electrons. The quantitative estimate of drug-likeness (QED) is 0.877. The van der Waals surface area contributed by atoms with Gasteiger partial charge in [0, 0.05) is 19.2 Å². The molecular formula is C14H20N2O5S. The number of nitrogens with one attached hydrogen (secondary N) is 1. The predicted molar refractivity (Wildman–Crippen MR) is 81.4 cm³/mol. The molecule has 1 amide bonds. The van der Waals surface area contributed by atoms with Crippen molar-refractivity contribution < 1.29 is 22.7 Å². The van der Waals surface area contributed by atoms with E-state index in [1.807, 2.05) is 0 Å². The largest absolute Gasteiger partial charge is 0.497 e. The van der Waals surface area contributed by atoms with Crippen LogP contribution in [0, 0.1) is 0 Å². The van der Waals surface area contributed by atoms with Crippen LogP contribution in [0.3, 0.4) is 0 Å². The Morgan fingerprint density at radius 1 is 1.14 bits per heavy atom.